The molecule has 4 N–H and O–H groups in total. The van der Waals surface area contributed by atoms with Crippen molar-refractivity contribution in [2.75, 3.05) is 13.6 Å². The zero-order valence-corrected chi connectivity index (χ0v) is 13.0. The molecule has 0 saturated heterocycles. The van der Waals surface area contributed by atoms with E-state index in [1.165, 1.54) is 16.5 Å². The second-order valence-electron chi connectivity index (χ2n) is 5.11. The van der Waals surface area contributed by atoms with Crippen molar-refractivity contribution < 1.29 is 10.3 Å². The topological polar surface area (TPSA) is 95.4 Å². The lowest BCUT2D eigenvalue weighted by Gasteiger charge is -2.06. The predicted octanol–water partition coefficient (Wildman–Crippen LogP) is 0.990. The third kappa shape index (κ3) is 3.70. The van der Waals surface area contributed by atoms with Crippen LogP contribution < -0.4 is 10.6 Å². The van der Waals surface area contributed by atoms with Crippen LogP contribution in [0.5, 0.6) is 0 Å². The largest absolute Gasteiger partial charge is 0.412 e. The molecule has 2 aromatic heterocycles. The van der Waals surface area contributed by atoms with Crippen LogP contribution in [0.15, 0.2) is 49.2 Å². The molecule has 0 aliphatic rings. The van der Waals surface area contributed by atoms with Gasteiger partial charge in [-0.3, -0.25) is 0 Å². The molecule has 3 aromatic rings. The highest BCUT2D eigenvalue weighted by molar-refractivity contribution is 5.84. The van der Waals surface area contributed by atoms with Crippen LogP contribution in [0.1, 0.15) is 5.56 Å². The Morgan fingerprint density at radius 2 is 2.13 bits per heavy atom. The molecule has 122 valence electrons. The molecule has 2 amide bonds. The Kier molecular flexibility index (Phi) is 5.37. The van der Waals surface area contributed by atoms with Crippen LogP contribution >= 0.6 is 0 Å². The second kappa shape index (κ2) is 7.46. The first kappa shape index (κ1) is 16.6. The van der Waals surface area contributed by atoms with E-state index < -0.39 is 0 Å². The molecule has 0 bridgehead atoms. The number of carbonyl (C=O) groups is 1. The highest BCUT2D eigenvalue weighted by Gasteiger charge is 2.08. The number of amides is 2. The number of hydrogen-bond donors (Lipinski definition) is 2. The first-order chi connectivity index (χ1) is 10.8. The quantitative estimate of drug-likeness (QED) is 0.734. The zero-order chi connectivity index (χ0) is 15.4. The smallest absolute Gasteiger partial charge is 0.314 e. The van der Waals surface area contributed by atoms with Crippen LogP contribution in [-0.4, -0.2) is 39.2 Å². The molecule has 23 heavy (non-hydrogen) atoms. The highest BCUT2D eigenvalue weighted by Crippen LogP contribution is 2.22. The van der Waals surface area contributed by atoms with Crippen molar-refractivity contribution in [3.8, 4) is 0 Å². The van der Waals surface area contributed by atoms with Crippen molar-refractivity contribution in [3.05, 3.63) is 54.7 Å². The fourth-order valence-electron chi connectivity index (χ4n) is 2.59. The lowest BCUT2D eigenvalue weighted by Crippen LogP contribution is -2.34. The van der Waals surface area contributed by atoms with E-state index >= 15 is 0 Å². The summed E-state index contributed by atoms with van der Waals surface area (Å²) in [6, 6.07) is 8.16. The molecule has 7 heteroatoms. The van der Waals surface area contributed by atoms with E-state index in [2.05, 4.69) is 43.1 Å². The second-order valence-corrected chi connectivity index (χ2v) is 5.11. The van der Waals surface area contributed by atoms with E-state index in [4.69, 9.17) is 0 Å². The van der Waals surface area contributed by atoms with Crippen LogP contribution in [0, 0.1) is 0 Å². The summed E-state index contributed by atoms with van der Waals surface area (Å²) >= 11 is 0. The molecule has 0 aliphatic heterocycles. The number of urea groups is 1. The minimum absolute atomic E-state index is 0. The summed E-state index contributed by atoms with van der Waals surface area (Å²) in [6.45, 7) is 2.11. The average Bonchev–Trinajstić information content (AvgIpc) is 3.17. The molecule has 1 aromatic carbocycles. The molecule has 0 unspecified atom stereocenters. The molecule has 0 fully saturated rings. The van der Waals surface area contributed by atoms with Gasteiger partial charge < -0.3 is 25.2 Å². The van der Waals surface area contributed by atoms with Gasteiger partial charge in [-0.1, -0.05) is 18.2 Å². The van der Waals surface area contributed by atoms with Crippen LogP contribution in [0.25, 0.3) is 10.9 Å². The van der Waals surface area contributed by atoms with E-state index in [1.54, 1.807) is 13.2 Å². The molecular formula is C16H21N5O2. The van der Waals surface area contributed by atoms with Gasteiger partial charge in [0, 0.05) is 49.6 Å². The summed E-state index contributed by atoms with van der Waals surface area (Å²) in [5, 5.41) is 6.60. The Balaban J connectivity index is 0.00000192. The van der Waals surface area contributed by atoms with Gasteiger partial charge in [-0.2, -0.15) is 0 Å². The maximum atomic E-state index is 11.2. The van der Waals surface area contributed by atoms with E-state index in [0.29, 0.717) is 6.54 Å². The van der Waals surface area contributed by atoms with Crippen LogP contribution in [0.3, 0.4) is 0 Å². The number of para-hydroxylation sites is 1. The van der Waals surface area contributed by atoms with E-state index in [-0.39, 0.29) is 11.5 Å². The Hall–Kier alpha value is -2.80. The summed E-state index contributed by atoms with van der Waals surface area (Å²) in [7, 11) is 1.61. The monoisotopic (exact) mass is 315 g/mol. The molecule has 0 radical (unpaired) electrons. The van der Waals surface area contributed by atoms with Gasteiger partial charge in [-0.05, 0) is 11.6 Å². The first-order valence-corrected chi connectivity index (χ1v) is 7.26. The minimum atomic E-state index is -0.157. The van der Waals surface area contributed by atoms with Crippen molar-refractivity contribution in [2.45, 2.75) is 13.1 Å². The average molecular weight is 315 g/mol. The van der Waals surface area contributed by atoms with Gasteiger partial charge in [-0.25, -0.2) is 9.78 Å². The van der Waals surface area contributed by atoms with E-state index in [9.17, 15) is 4.79 Å². The fourth-order valence-corrected chi connectivity index (χ4v) is 2.59. The number of imidazole rings is 1. The van der Waals surface area contributed by atoms with Gasteiger partial charge in [0.2, 0.25) is 0 Å². The molecule has 2 heterocycles. The summed E-state index contributed by atoms with van der Waals surface area (Å²) < 4.78 is 4.23. The number of nitrogens with one attached hydrogen (secondary N) is 2. The van der Waals surface area contributed by atoms with Crippen molar-refractivity contribution >= 4 is 16.9 Å². The number of fused-ring (bicyclic) bond motifs is 1. The van der Waals surface area contributed by atoms with Crippen molar-refractivity contribution in [3.63, 3.8) is 0 Å². The van der Waals surface area contributed by atoms with E-state index in [0.717, 1.165) is 13.1 Å². The Bertz CT molecular complexity index is 764. The van der Waals surface area contributed by atoms with Gasteiger partial charge in [-0.15, -0.1) is 0 Å². The summed E-state index contributed by atoms with van der Waals surface area (Å²) in [5.74, 6) is 0. The molecule has 0 spiro atoms. The van der Waals surface area contributed by atoms with Crippen LogP contribution in [0.2, 0.25) is 0 Å². The first-order valence-electron chi connectivity index (χ1n) is 7.26. The number of rotatable bonds is 5. The highest BCUT2D eigenvalue weighted by atomic mass is 16.2. The molecular weight excluding hydrogens is 294 g/mol. The zero-order valence-electron chi connectivity index (χ0n) is 13.0. The number of benzene rings is 1. The molecule has 3 rings (SSSR count). The summed E-state index contributed by atoms with van der Waals surface area (Å²) in [4.78, 5) is 15.3. The van der Waals surface area contributed by atoms with Gasteiger partial charge in [0.05, 0.1) is 12.9 Å². The third-order valence-corrected chi connectivity index (χ3v) is 3.65. The van der Waals surface area contributed by atoms with Gasteiger partial charge in [0.25, 0.3) is 0 Å². The van der Waals surface area contributed by atoms with Crippen molar-refractivity contribution in [1.29, 1.82) is 0 Å². The van der Waals surface area contributed by atoms with Crippen LogP contribution in [0.4, 0.5) is 4.79 Å². The molecule has 7 nitrogen and oxygen atoms in total. The lowest BCUT2D eigenvalue weighted by molar-refractivity contribution is 0.242. The fraction of sp³-hybridized carbons (Fsp3) is 0.250. The Morgan fingerprint density at radius 3 is 2.87 bits per heavy atom. The van der Waals surface area contributed by atoms with Gasteiger partial charge in [0.1, 0.15) is 0 Å². The molecule has 0 atom stereocenters. The van der Waals surface area contributed by atoms with Crippen molar-refractivity contribution in [2.24, 2.45) is 0 Å². The normalized spacial score (nSPS) is 10.3. The SMILES string of the molecule is CNC(=O)NCCn1cc(Cn2ccnc2)c2ccccc21.O. The Morgan fingerprint density at radius 1 is 1.30 bits per heavy atom. The molecule has 0 saturated carbocycles. The number of aromatic nitrogens is 3. The van der Waals surface area contributed by atoms with Crippen LogP contribution in [-0.2, 0) is 13.1 Å². The summed E-state index contributed by atoms with van der Waals surface area (Å²) in [5.41, 5.74) is 2.42. The maximum absolute atomic E-state index is 11.2. The number of nitrogens with zero attached hydrogens (tertiary/aromatic N) is 3. The Labute approximate surface area is 134 Å². The molecule has 0 aliphatic carbocycles. The maximum Gasteiger partial charge on any atom is 0.314 e. The number of hydrogen-bond acceptors (Lipinski definition) is 2. The lowest BCUT2D eigenvalue weighted by atomic mass is 10.2. The minimum Gasteiger partial charge on any atom is -0.412 e. The summed E-state index contributed by atoms with van der Waals surface area (Å²) in [6.07, 6.45) is 7.71. The number of carbonyl (C=O) groups excluding carboxylic acids is 1. The standard InChI is InChI=1S/C16H19N5O.H2O/c1-17-16(22)19-7-9-21-11-13(10-20-8-6-18-12-20)14-4-2-3-5-15(14)21;/h2-6,8,11-12H,7,9-10H2,1H3,(H2,17,19,22);1H2. The predicted molar refractivity (Wildman–Crippen MR) is 89.3 cm³/mol. The van der Waals surface area contributed by atoms with Gasteiger partial charge >= 0.3 is 6.03 Å². The van der Waals surface area contributed by atoms with E-state index in [1.807, 2.05) is 24.7 Å². The van der Waals surface area contributed by atoms with Gasteiger partial charge in [0.15, 0.2) is 0 Å². The third-order valence-electron chi connectivity index (χ3n) is 3.65. The van der Waals surface area contributed by atoms with Crippen molar-refractivity contribution in [1.82, 2.24) is 24.8 Å².